The zero-order valence-electron chi connectivity index (χ0n) is 7.80. The number of cyclic esters (lactones) is 1. The van der Waals surface area contributed by atoms with Gasteiger partial charge >= 0.3 is 5.97 Å². The highest BCUT2D eigenvalue weighted by Crippen LogP contribution is 2.23. The highest BCUT2D eigenvalue weighted by molar-refractivity contribution is 5.72. The van der Waals surface area contributed by atoms with Crippen molar-refractivity contribution in [2.45, 2.75) is 26.7 Å². The monoisotopic (exact) mass is 168 g/mol. The van der Waals surface area contributed by atoms with Gasteiger partial charge in [-0.1, -0.05) is 19.1 Å². The van der Waals surface area contributed by atoms with Crippen molar-refractivity contribution in [3.8, 4) is 0 Å². The van der Waals surface area contributed by atoms with E-state index in [9.17, 15) is 4.79 Å². The summed E-state index contributed by atoms with van der Waals surface area (Å²) in [6.07, 6.45) is 1.96. The van der Waals surface area contributed by atoms with E-state index in [4.69, 9.17) is 4.74 Å². The Morgan fingerprint density at radius 2 is 2.25 bits per heavy atom. The molecule has 1 aliphatic heterocycles. The van der Waals surface area contributed by atoms with Gasteiger partial charge in [-0.3, -0.25) is 4.79 Å². The van der Waals surface area contributed by atoms with E-state index in [0.29, 0.717) is 12.5 Å². The summed E-state index contributed by atoms with van der Waals surface area (Å²) in [5.41, 5.74) is 1.12. The maximum absolute atomic E-state index is 11.1. The molecule has 1 heterocycles. The standard InChI is InChI=1S/C10H16O2/c1-7(2)9-5-4-8(3)10(11)12-6-9/h8-9H,1,4-6H2,2-3H3. The van der Waals surface area contributed by atoms with Crippen LogP contribution in [0.2, 0.25) is 0 Å². The Bertz CT molecular complexity index is 196. The summed E-state index contributed by atoms with van der Waals surface area (Å²) in [6.45, 7) is 8.32. The van der Waals surface area contributed by atoms with Crippen LogP contribution >= 0.6 is 0 Å². The fraction of sp³-hybridized carbons (Fsp3) is 0.700. The van der Waals surface area contributed by atoms with Gasteiger partial charge in [0.1, 0.15) is 0 Å². The van der Waals surface area contributed by atoms with Gasteiger partial charge in [-0.25, -0.2) is 0 Å². The van der Waals surface area contributed by atoms with Crippen LogP contribution in [0.4, 0.5) is 0 Å². The number of carbonyl (C=O) groups is 1. The first-order valence-electron chi connectivity index (χ1n) is 4.43. The third-order valence-corrected chi connectivity index (χ3v) is 2.47. The molecular formula is C10H16O2. The van der Waals surface area contributed by atoms with Crippen LogP contribution < -0.4 is 0 Å². The zero-order valence-corrected chi connectivity index (χ0v) is 7.80. The summed E-state index contributed by atoms with van der Waals surface area (Å²) in [5, 5.41) is 0. The molecule has 0 spiro atoms. The zero-order chi connectivity index (χ0) is 9.14. The predicted molar refractivity (Wildman–Crippen MR) is 47.7 cm³/mol. The maximum Gasteiger partial charge on any atom is 0.308 e. The molecule has 2 heteroatoms. The first kappa shape index (κ1) is 9.30. The minimum Gasteiger partial charge on any atom is -0.465 e. The lowest BCUT2D eigenvalue weighted by molar-refractivity contribution is -0.147. The van der Waals surface area contributed by atoms with Gasteiger partial charge < -0.3 is 4.74 Å². The molecule has 2 nitrogen and oxygen atoms in total. The van der Waals surface area contributed by atoms with Crippen molar-refractivity contribution in [1.29, 1.82) is 0 Å². The highest BCUT2D eigenvalue weighted by atomic mass is 16.5. The van der Waals surface area contributed by atoms with Gasteiger partial charge in [0.25, 0.3) is 0 Å². The van der Waals surface area contributed by atoms with Crippen LogP contribution in [-0.4, -0.2) is 12.6 Å². The largest absolute Gasteiger partial charge is 0.465 e. The fourth-order valence-corrected chi connectivity index (χ4v) is 1.37. The Kier molecular flexibility index (Phi) is 2.90. The molecule has 0 bridgehead atoms. The molecule has 2 atom stereocenters. The van der Waals surface area contributed by atoms with Crippen molar-refractivity contribution in [1.82, 2.24) is 0 Å². The first-order chi connectivity index (χ1) is 5.61. The van der Waals surface area contributed by atoms with Crippen molar-refractivity contribution < 1.29 is 9.53 Å². The summed E-state index contributed by atoms with van der Waals surface area (Å²) in [6, 6.07) is 0. The average Bonchev–Trinajstić information content (AvgIpc) is 2.16. The Balaban J connectivity index is 2.55. The topological polar surface area (TPSA) is 26.3 Å². The Morgan fingerprint density at radius 1 is 1.58 bits per heavy atom. The second-order valence-corrected chi connectivity index (χ2v) is 3.65. The summed E-state index contributed by atoms with van der Waals surface area (Å²) in [4.78, 5) is 11.1. The van der Waals surface area contributed by atoms with E-state index in [1.165, 1.54) is 0 Å². The second kappa shape index (κ2) is 3.74. The van der Waals surface area contributed by atoms with Crippen LogP contribution in [0.5, 0.6) is 0 Å². The molecule has 0 radical (unpaired) electrons. The molecule has 0 N–H and O–H groups in total. The van der Waals surface area contributed by atoms with E-state index in [1.54, 1.807) is 0 Å². The van der Waals surface area contributed by atoms with Crippen molar-refractivity contribution in [3.05, 3.63) is 12.2 Å². The Morgan fingerprint density at radius 3 is 2.83 bits per heavy atom. The molecular weight excluding hydrogens is 152 g/mol. The van der Waals surface area contributed by atoms with Gasteiger partial charge in [0, 0.05) is 5.92 Å². The molecule has 68 valence electrons. The molecule has 1 saturated heterocycles. The molecule has 0 amide bonds. The molecule has 1 aliphatic rings. The summed E-state index contributed by atoms with van der Waals surface area (Å²) >= 11 is 0. The number of rotatable bonds is 1. The van der Waals surface area contributed by atoms with Crippen LogP contribution in [0.1, 0.15) is 26.7 Å². The summed E-state index contributed by atoms with van der Waals surface area (Å²) in [5.74, 6) is 0.381. The Hall–Kier alpha value is -0.790. The number of ether oxygens (including phenoxy) is 1. The molecule has 1 rings (SSSR count). The van der Waals surface area contributed by atoms with Crippen LogP contribution in [0.15, 0.2) is 12.2 Å². The van der Waals surface area contributed by atoms with Crippen LogP contribution in [-0.2, 0) is 9.53 Å². The molecule has 0 aromatic rings. The van der Waals surface area contributed by atoms with E-state index in [1.807, 2.05) is 13.8 Å². The second-order valence-electron chi connectivity index (χ2n) is 3.65. The van der Waals surface area contributed by atoms with Gasteiger partial charge in [0.2, 0.25) is 0 Å². The predicted octanol–water partition coefficient (Wildman–Crippen LogP) is 2.15. The Labute approximate surface area is 73.6 Å². The van der Waals surface area contributed by atoms with Crippen molar-refractivity contribution in [2.24, 2.45) is 11.8 Å². The smallest absolute Gasteiger partial charge is 0.308 e. The van der Waals surface area contributed by atoms with Gasteiger partial charge in [0.05, 0.1) is 12.5 Å². The molecule has 2 unspecified atom stereocenters. The van der Waals surface area contributed by atoms with Gasteiger partial charge in [-0.2, -0.15) is 0 Å². The average molecular weight is 168 g/mol. The minimum absolute atomic E-state index is 0.0567. The van der Waals surface area contributed by atoms with E-state index < -0.39 is 0 Å². The quantitative estimate of drug-likeness (QED) is 0.443. The number of esters is 1. The normalized spacial score (nSPS) is 30.7. The number of hydrogen-bond acceptors (Lipinski definition) is 2. The summed E-state index contributed by atoms with van der Waals surface area (Å²) < 4.78 is 5.09. The SMILES string of the molecule is C=C(C)C1CCC(C)C(=O)OC1. The third-order valence-electron chi connectivity index (χ3n) is 2.47. The van der Waals surface area contributed by atoms with E-state index in [0.717, 1.165) is 18.4 Å². The molecule has 0 aromatic heterocycles. The van der Waals surface area contributed by atoms with Crippen molar-refractivity contribution >= 4 is 5.97 Å². The third kappa shape index (κ3) is 2.10. The molecule has 12 heavy (non-hydrogen) atoms. The number of carbonyl (C=O) groups excluding carboxylic acids is 1. The van der Waals surface area contributed by atoms with E-state index >= 15 is 0 Å². The molecule has 0 saturated carbocycles. The lowest BCUT2D eigenvalue weighted by atomic mass is 9.94. The minimum atomic E-state index is -0.0567. The van der Waals surface area contributed by atoms with Gasteiger partial charge in [-0.05, 0) is 19.8 Å². The van der Waals surface area contributed by atoms with Gasteiger partial charge in [-0.15, -0.1) is 0 Å². The molecule has 0 aromatic carbocycles. The molecule has 0 aliphatic carbocycles. The molecule has 1 fully saturated rings. The number of hydrogen-bond donors (Lipinski definition) is 0. The van der Waals surface area contributed by atoms with Gasteiger partial charge in [0.15, 0.2) is 0 Å². The van der Waals surface area contributed by atoms with Crippen molar-refractivity contribution in [3.63, 3.8) is 0 Å². The highest BCUT2D eigenvalue weighted by Gasteiger charge is 2.23. The van der Waals surface area contributed by atoms with Crippen LogP contribution in [0.3, 0.4) is 0 Å². The van der Waals surface area contributed by atoms with E-state index in [2.05, 4.69) is 6.58 Å². The first-order valence-corrected chi connectivity index (χ1v) is 4.43. The van der Waals surface area contributed by atoms with Crippen LogP contribution in [0.25, 0.3) is 0 Å². The lowest BCUT2D eigenvalue weighted by Crippen LogP contribution is -2.13. The van der Waals surface area contributed by atoms with Crippen molar-refractivity contribution in [2.75, 3.05) is 6.61 Å². The lowest BCUT2D eigenvalue weighted by Gasteiger charge is -2.11. The maximum atomic E-state index is 11.1. The van der Waals surface area contributed by atoms with Crippen LogP contribution in [0, 0.1) is 11.8 Å². The summed E-state index contributed by atoms with van der Waals surface area (Å²) in [7, 11) is 0. The van der Waals surface area contributed by atoms with E-state index in [-0.39, 0.29) is 11.9 Å². The fourth-order valence-electron chi connectivity index (χ4n) is 1.37.